The molecule has 2 aromatic carbocycles. The van der Waals surface area contributed by atoms with E-state index in [0.717, 1.165) is 4.47 Å². The van der Waals surface area contributed by atoms with E-state index >= 15 is 0 Å². The number of nitrogens with zero attached hydrogens (tertiary/aromatic N) is 4. The maximum atomic E-state index is 13.4. The highest BCUT2D eigenvalue weighted by atomic mass is 79.9. The van der Waals surface area contributed by atoms with Gasteiger partial charge in [0.2, 0.25) is 5.95 Å². The van der Waals surface area contributed by atoms with Crippen LogP contribution in [0.15, 0.2) is 77.5 Å². The van der Waals surface area contributed by atoms with Gasteiger partial charge in [-0.25, -0.2) is 14.8 Å². The molecule has 4 rings (SSSR count). The molecule has 0 aliphatic carbocycles. The minimum atomic E-state index is -2.79. The number of piperazine rings is 1. The van der Waals surface area contributed by atoms with Crippen LogP contribution >= 0.6 is 15.9 Å². The molecule has 3 aromatic rings. The van der Waals surface area contributed by atoms with Crippen LogP contribution in [0.5, 0.6) is 0 Å². The van der Waals surface area contributed by atoms with E-state index in [1.54, 1.807) is 12.4 Å². The summed E-state index contributed by atoms with van der Waals surface area (Å²) in [6.45, 7) is 14.5. The van der Waals surface area contributed by atoms with E-state index in [0.29, 0.717) is 32.2 Å². The molecule has 1 aliphatic heterocycles. The van der Waals surface area contributed by atoms with E-state index < -0.39 is 13.9 Å². The first kappa shape index (κ1) is 29.2. The van der Waals surface area contributed by atoms with Crippen molar-refractivity contribution in [2.24, 2.45) is 0 Å². The lowest BCUT2D eigenvalue weighted by Crippen LogP contribution is -2.68. The van der Waals surface area contributed by atoms with Crippen LogP contribution in [0.3, 0.4) is 0 Å². The molecule has 1 amide bonds. The third-order valence-electron chi connectivity index (χ3n) is 6.91. The first-order valence-electron chi connectivity index (χ1n) is 13.4. The summed E-state index contributed by atoms with van der Waals surface area (Å²) in [5, 5.41) is 2.24. The van der Waals surface area contributed by atoms with Gasteiger partial charge in [0, 0.05) is 32.0 Å². The maximum absolute atomic E-state index is 13.4. The predicted octanol–water partition coefficient (Wildman–Crippen LogP) is 5.24. The molecule has 0 radical (unpaired) electrons. The van der Waals surface area contributed by atoms with Crippen molar-refractivity contribution in [1.82, 2.24) is 14.9 Å². The molecule has 7 nitrogen and oxygen atoms in total. The zero-order valence-corrected chi connectivity index (χ0v) is 26.3. The van der Waals surface area contributed by atoms with Crippen LogP contribution in [0.2, 0.25) is 5.04 Å². The molecule has 9 heteroatoms. The molecule has 39 heavy (non-hydrogen) atoms. The van der Waals surface area contributed by atoms with Crippen LogP contribution < -0.4 is 15.3 Å². The largest absolute Gasteiger partial charge is 0.444 e. The average Bonchev–Trinajstić information content (AvgIpc) is 2.89. The topological polar surface area (TPSA) is 67.8 Å². The van der Waals surface area contributed by atoms with Crippen molar-refractivity contribution in [3.8, 4) is 0 Å². The van der Waals surface area contributed by atoms with Gasteiger partial charge in [0.25, 0.3) is 8.32 Å². The summed E-state index contributed by atoms with van der Waals surface area (Å²) in [4.78, 5) is 26.3. The molecular weight excluding hydrogens is 572 g/mol. The average molecular weight is 612 g/mol. The van der Waals surface area contributed by atoms with Crippen molar-refractivity contribution >= 4 is 46.7 Å². The number of ether oxygens (including phenoxy) is 1. The Labute approximate surface area is 241 Å². The van der Waals surface area contributed by atoms with Gasteiger partial charge in [-0.05, 0) is 52.1 Å². The lowest BCUT2D eigenvalue weighted by molar-refractivity contribution is 0.00797. The van der Waals surface area contributed by atoms with Gasteiger partial charge in [0.15, 0.2) is 0 Å². The second-order valence-electron chi connectivity index (χ2n) is 11.9. The minimum absolute atomic E-state index is 0.171. The van der Waals surface area contributed by atoms with Gasteiger partial charge in [0.05, 0.1) is 17.1 Å². The number of rotatable bonds is 6. The second-order valence-corrected chi connectivity index (χ2v) is 17.2. The summed E-state index contributed by atoms with van der Waals surface area (Å²) < 4.78 is 13.9. The molecule has 208 valence electrons. The number of carbonyl (C=O) groups is 1. The number of hydrogen-bond donors (Lipinski definition) is 0. The Morgan fingerprint density at radius 2 is 1.46 bits per heavy atom. The Morgan fingerprint density at radius 1 is 0.923 bits per heavy atom. The molecule has 1 atom stereocenters. The number of hydrogen-bond acceptors (Lipinski definition) is 6. The molecule has 1 aliphatic rings. The van der Waals surface area contributed by atoms with Gasteiger partial charge in [-0.1, -0.05) is 81.4 Å². The zero-order valence-electron chi connectivity index (χ0n) is 23.7. The van der Waals surface area contributed by atoms with Crippen LogP contribution in [0.1, 0.15) is 41.5 Å². The Balaban J connectivity index is 1.71. The van der Waals surface area contributed by atoms with Crippen molar-refractivity contribution in [3.63, 3.8) is 0 Å². The van der Waals surface area contributed by atoms with Gasteiger partial charge in [-0.3, -0.25) is 4.90 Å². The highest BCUT2D eigenvalue weighted by molar-refractivity contribution is 9.10. The van der Waals surface area contributed by atoms with E-state index in [1.807, 2.05) is 37.8 Å². The van der Waals surface area contributed by atoms with Crippen molar-refractivity contribution in [3.05, 3.63) is 77.5 Å². The molecule has 1 saturated heterocycles. The molecule has 0 N–H and O–H groups in total. The summed E-state index contributed by atoms with van der Waals surface area (Å²) in [5.41, 5.74) is -0.591. The van der Waals surface area contributed by atoms with Crippen LogP contribution in [0.25, 0.3) is 0 Å². The van der Waals surface area contributed by atoms with Gasteiger partial charge < -0.3 is 14.1 Å². The summed E-state index contributed by atoms with van der Waals surface area (Å²) in [7, 11) is -2.79. The Hall–Kier alpha value is -2.75. The fourth-order valence-corrected chi connectivity index (χ4v) is 9.99. The summed E-state index contributed by atoms with van der Waals surface area (Å²) in [6.07, 6.45) is 3.17. The first-order chi connectivity index (χ1) is 18.4. The number of amides is 1. The molecule has 0 bridgehead atoms. The van der Waals surface area contributed by atoms with Crippen LogP contribution in [-0.2, 0) is 9.16 Å². The number of benzene rings is 2. The first-order valence-corrected chi connectivity index (χ1v) is 16.1. The molecule has 1 aromatic heterocycles. The second kappa shape index (κ2) is 11.8. The zero-order chi connectivity index (χ0) is 28.3. The Bertz CT molecular complexity index is 1190. The molecule has 0 saturated carbocycles. The van der Waals surface area contributed by atoms with Crippen LogP contribution in [0, 0.1) is 0 Å². The smallest absolute Gasteiger partial charge is 0.410 e. The number of aromatic nitrogens is 2. The molecular formula is C30H39BrN4O3Si. The predicted molar refractivity (Wildman–Crippen MR) is 162 cm³/mol. The highest BCUT2D eigenvalue weighted by Crippen LogP contribution is 2.37. The fourth-order valence-electron chi connectivity index (χ4n) is 5.19. The van der Waals surface area contributed by atoms with E-state index in [2.05, 4.69) is 100 Å². The summed E-state index contributed by atoms with van der Waals surface area (Å²) in [6, 6.07) is 20.9. The normalized spacial score (nSPS) is 16.7. The van der Waals surface area contributed by atoms with E-state index in [4.69, 9.17) is 9.16 Å². The summed E-state index contributed by atoms with van der Waals surface area (Å²) in [5.74, 6) is 0.637. The lowest BCUT2D eigenvalue weighted by Gasteiger charge is -2.46. The standard InChI is InChI=1S/C30H39BrN4O3Si/c1-29(2,3)38-28(36)35-18-17-34(27-32-19-23(31)20-33-27)21-24(35)22-37-39(30(4,5)6,25-13-9-7-10-14-25)26-15-11-8-12-16-26/h7-16,19-20,24H,17-18,21-22H2,1-6H3. The molecule has 2 heterocycles. The van der Waals surface area contributed by atoms with E-state index in [-0.39, 0.29) is 17.2 Å². The van der Waals surface area contributed by atoms with Crippen molar-refractivity contribution in [2.75, 3.05) is 31.1 Å². The van der Waals surface area contributed by atoms with Crippen molar-refractivity contribution in [2.45, 2.75) is 58.2 Å². The Morgan fingerprint density at radius 3 is 1.95 bits per heavy atom. The third-order valence-corrected chi connectivity index (χ3v) is 12.3. The van der Waals surface area contributed by atoms with Crippen LogP contribution in [0.4, 0.5) is 10.7 Å². The fraction of sp³-hybridized carbons (Fsp3) is 0.433. The number of carbonyl (C=O) groups excluding carboxylic acids is 1. The molecule has 1 fully saturated rings. The molecule has 1 unspecified atom stereocenters. The van der Waals surface area contributed by atoms with Crippen molar-refractivity contribution in [1.29, 1.82) is 0 Å². The van der Waals surface area contributed by atoms with Crippen molar-refractivity contribution < 1.29 is 14.0 Å². The number of anilines is 1. The third kappa shape index (κ3) is 6.70. The maximum Gasteiger partial charge on any atom is 0.410 e. The molecule has 0 spiro atoms. The van der Waals surface area contributed by atoms with E-state index in [1.165, 1.54) is 10.4 Å². The van der Waals surface area contributed by atoms with E-state index in [9.17, 15) is 4.79 Å². The SMILES string of the molecule is CC(C)(C)OC(=O)N1CCN(c2ncc(Br)cn2)CC1CO[Si](c1ccccc1)(c1ccccc1)C(C)(C)C. The summed E-state index contributed by atoms with van der Waals surface area (Å²) >= 11 is 3.42. The minimum Gasteiger partial charge on any atom is -0.444 e. The van der Waals surface area contributed by atoms with Gasteiger partial charge in [-0.2, -0.15) is 0 Å². The highest BCUT2D eigenvalue weighted by Gasteiger charge is 2.51. The van der Waals surface area contributed by atoms with Gasteiger partial charge >= 0.3 is 6.09 Å². The van der Waals surface area contributed by atoms with Gasteiger partial charge in [0.1, 0.15) is 5.60 Å². The van der Waals surface area contributed by atoms with Crippen LogP contribution in [-0.4, -0.2) is 67.2 Å². The quantitative estimate of drug-likeness (QED) is 0.356. The Kier molecular flexibility index (Phi) is 8.83. The number of halogens is 1. The monoisotopic (exact) mass is 610 g/mol. The van der Waals surface area contributed by atoms with Gasteiger partial charge in [-0.15, -0.1) is 0 Å². The lowest BCUT2D eigenvalue weighted by atomic mass is 10.2.